The van der Waals surface area contributed by atoms with Gasteiger partial charge < -0.3 is 5.32 Å². The van der Waals surface area contributed by atoms with E-state index in [2.05, 4.69) is 38.7 Å². The van der Waals surface area contributed by atoms with Gasteiger partial charge >= 0.3 is 0 Å². The summed E-state index contributed by atoms with van der Waals surface area (Å²) in [5.74, 6) is -0.0322. The van der Waals surface area contributed by atoms with E-state index in [4.69, 9.17) is 0 Å². The van der Waals surface area contributed by atoms with Crippen molar-refractivity contribution in [3.8, 4) is 0 Å². The van der Waals surface area contributed by atoms with Crippen molar-refractivity contribution in [1.29, 1.82) is 0 Å². The number of nitrogens with zero attached hydrogens (tertiary/aromatic N) is 1. The maximum Gasteiger partial charge on any atom is 0.271 e. The monoisotopic (exact) mass is 427 g/mol. The predicted octanol–water partition coefficient (Wildman–Crippen LogP) is 5.00. The Morgan fingerprint density at radius 1 is 1.04 bits per heavy atom. The molecular formula is C21H22BrN3O2. The molecule has 1 unspecified atom stereocenters. The molecule has 0 aliphatic heterocycles. The number of nitrogens with one attached hydrogen (secondary N) is 2. The lowest BCUT2D eigenvalue weighted by molar-refractivity contribution is 0.0953. The van der Waals surface area contributed by atoms with Gasteiger partial charge in [-0.05, 0) is 77.5 Å². The average molecular weight is 428 g/mol. The van der Waals surface area contributed by atoms with Gasteiger partial charge in [-0.1, -0.05) is 25.5 Å². The van der Waals surface area contributed by atoms with Crippen LogP contribution in [0.1, 0.15) is 53.3 Å². The van der Waals surface area contributed by atoms with Crippen LogP contribution in [-0.2, 0) is 0 Å². The fourth-order valence-corrected chi connectivity index (χ4v) is 3.54. The minimum Gasteiger partial charge on any atom is -0.322 e. The molecule has 2 N–H and O–H groups in total. The first-order chi connectivity index (χ1) is 13.0. The van der Waals surface area contributed by atoms with Crippen LogP contribution in [-0.4, -0.2) is 17.5 Å². The van der Waals surface area contributed by atoms with Crippen molar-refractivity contribution >= 4 is 39.1 Å². The van der Waals surface area contributed by atoms with E-state index < -0.39 is 0 Å². The Balaban J connectivity index is 1.61. The van der Waals surface area contributed by atoms with Crippen LogP contribution in [0, 0.1) is 5.92 Å². The Kier molecular flexibility index (Phi) is 6.40. The number of benzene rings is 2. The quantitative estimate of drug-likeness (QED) is 0.673. The van der Waals surface area contributed by atoms with Crippen molar-refractivity contribution in [2.24, 2.45) is 11.0 Å². The maximum atomic E-state index is 12.3. The third-order valence-corrected chi connectivity index (χ3v) is 5.40. The Morgan fingerprint density at radius 3 is 2.48 bits per heavy atom. The third kappa shape index (κ3) is 5.04. The topological polar surface area (TPSA) is 70.6 Å². The number of rotatable bonds is 4. The molecular weight excluding hydrogens is 406 g/mol. The van der Waals surface area contributed by atoms with E-state index >= 15 is 0 Å². The zero-order valence-electron chi connectivity index (χ0n) is 15.2. The number of hydrogen-bond acceptors (Lipinski definition) is 3. The van der Waals surface area contributed by atoms with Crippen LogP contribution in [0.5, 0.6) is 0 Å². The lowest BCUT2D eigenvalue weighted by atomic mass is 9.89. The Hall–Kier alpha value is -2.47. The zero-order chi connectivity index (χ0) is 19.2. The van der Waals surface area contributed by atoms with Gasteiger partial charge in [-0.15, -0.1) is 0 Å². The van der Waals surface area contributed by atoms with Gasteiger partial charge in [0, 0.05) is 21.4 Å². The first-order valence-corrected chi connectivity index (χ1v) is 9.86. The van der Waals surface area contributed by atoms with Crippen molar-refractivity contribution in [2.45, 2.75) is 32.6 Å². The van der Waals surface area contributed by atoms with E-state index in [9.17, 15) is 9.59 Å². The lowest BCUT2D eigenvalue weighted by Crippen LogP contribution is -2.24. The number of amides is 2. The molecule has 2 aromatic rings. The van der Waals surface area contributed by atoms with Crippen molar-refractivity contribution in [3.05, 3.63) is 64.1 Å². The van der Waals surface area contributed by atoms with E-state index in [0.717, 1.165) is 29.4 Å². The lowest BCUT2D eigenvalue weighted by Gasteiger charge is -2.19. The smallest absolute Gasteiger partial charge is 0.271 e. The molecule has 0 aromatic heterocycles. The normalized spacial score (nSPS) is 18.1. The van der Waals surface area contributed by atoms with Crippen LogP contribution in [0.15, 0.2) is 58.1 Å². The minimum absolute atomic E-state index is 0.211. The Bertz CT molecular complexity index is 862. The third-order valence-electron chi connectivity index (χ3n) is 4.71. The molecule has 1 fully saturated rings. The van der Waals surface area contributed by atoms with Gasteiger partial charge in [-0.3, -0.25) is 9.59 Å². The SMILES string of the molecule is CC1CCCC/C1=N/NC(=O)c1ccc(NC(=O)c2ccccc2Br)cc1. The molecule has 27 heavy (non-hydrogen) atoms. The second-order valence-electron chi connectivity index (χ2n) is 6.70. The van der Waals surface area contributed by atoms with Crippen LogP contribution in [0.25, 0.3) is 0 Å². The number of carbonyl (C=O) groups excluding carboxylic acids is 2. The number of anilines is 1. The predicted molar refractivity (Wildman–Crippen MR) is 111 cm³/mol. The summed E-state index contributed by atoms with van der Waals surface area (Å²) >= 11 is 3.37. The molecule has 0 spiro atoms. The molecule has 1 atom stereocenters. The molecule has 0 radical (unpaired) electrons. The summed E-state index contributed by atoms with van der Waals surface area (Å²) in [5.41, 5.74) is 5.39. The molecule has 1 aliphatic carbocycles. The highest BCUT2D eigenvalue weighted by molar-refractivity contribution is 9.10. The molecule has 5 nitrogen and oxygen atoms in total. The first kappa shape index (κ1) is 19.3. The van der Waals surface area contributed by atoms with Gasteiger partial charge in [0.15, 0.2) is 0 Å². The van der Waals surface area contributed by atoms with E-state index in [0.29, 0.717) is 22.7 Å². The summed E-state index contributed by atoms with van der Waals surface area (Å²) in [6, 6.07) is 14.0. The highest BCUT2D eigenvalue weighted by Crippen LogP contribution is 2.21. The van der Waals surface area contributed by atoms with Crippen molar-refractivity contribution in [2.75, 3.05) is 5.32 Å². The highest BCUT2D eigenvalue weighted by Gasteiger charge is 2.16. The number of carbonyl (C=O) groups is 2. The second kappa shape index (κ2) is 8.95. The van der Waals surface area contributed by atoms with Crippen LogP contribution >= 0.6 is 15.9 Å². The molecule has 1 saturated carbocycles. The molecule has 2 amide bonds. The molecule has 2 aromatic carbocycles. The van der Waals surface area contributed by atoms with Crippen LogP contribution in [0.4, 0.5) is 5.69 Å². The molecule has 6 heteroatoms. The zero-order valence-corrected chi connectivity index (χ0v) is 16.8. The van der Waals surface area contributed by atoms with Crippen molar-refractivity contribution in [3.63, 3.8) is 0 Å². The fraction of sp³-hybridized carbons (Fsp3) is 0.286. The van der Waals surface area contributed by atoms with Gasteiger partial charge in [0.1, 0.15) is 0 Å². The molecule has 140 valence electrons. The van der Waals surface area contributed by atoms with Gasteiger partial charge in [0.2, 0.25) is 0 Å². The van der Waals surface area contributed by atoms with E-state index in [1.807, 2.05) is 18.2 Å². The summed E-state index contributed by atoms with van der Waals surface area (Å²) in [5, 5.41) is 7.13. The van der Waals surface area contributed by atoms with E-state index in [-0.39, 0.29) is 11.8 Å². The van der Waals surface area contributed by atoms with E-state index in [1.165, 1.54) is 6.42 Å². The minimum atomic E-state index is -0.246. The molecule has 0 heterocycles. The highest BCUT2D eigenvalue weighted by atomic mass is 79.9. The van der Waals surface area contributed by atoms with Crippen molar-refractivity contribution < 1.29 is 9.59 Å². The molecule has 3 rings (SSSR count). The summed E-state index contributed by atoms with van der Waals surface area (Å²) in [6.07, 6.45) is 4.42. The Labute approximate surface area is 167 Å². The van der Waals surface area contributed by atoms with E-state index in [1.54, 1.807) is 30.3 Å². The summed E-state index contributed by atoms with van der Waals surface area (Å²) in [7, 11) is 0. The molecule has 0 saturated heterocycles. The number of halogens is 1. The first-order valence-electron chi connectivity index (χ1n) is 9.07. The number of hydrazone groups is 1. The molecule has 1 aliphatic rings. The van der Waals surface area contributed by atoms with Gasteiger partial charge in [-0.2, -0.15) is 5.10 Å². The summed E-state index contributed by atoms with van der Waals surface area (Å²) in [6.45, 7) is 2.15. The van der Waals surface area contributed by atoms with Crippen LogP contribution in [0.3, 0.4) is 0 Å². The standard InChI is InChI=1S/C21H22BrN3O2/c1-14-6-2-5-9-19(14)24-25-20(26)15-10-12-16(13-11-15)23-21(27)17-7-3-4-8-18(17)22/h3-4,7-8,10-14H,2,5-6,9H2,1H3,(H,23,27)(H,25,26)/b24-19-. The van der Waals surface area contributed by atoms with Crippen LogP contribution in [0.2, 0.25) is 0 Å². The van der Waals surface area contributed by atoms with Crippen LogP contribution < -0.4 is 10.7 Å². The Morgan fingerprint density at radius 2 is 1.78 bits per heavy atom. The average Bonchev–Trinajstić information content (AvgIpc) is 2.68. The number of hydrogen-bond donors (Lipinski definition) is 2. The molecule has 0 bridgehead atoms. The second-order valence-corrected chi connectivity index (χ2v) is 7.56. The summed E-state index contributed by atoms with van der Waals surface area (Å²) < 4.78 is 0.731. The largest absolute Gasteiger partial charge is 0.322 e. The van der Waals surface area contributed by atoms with Gasteiger partial charge in [0.05, 0.1) is 5.56 Å². The maximum absolute atomic E-state index is 12.3. The summed E-state index contributed by atoms with van der Waals surface area (Å²) in [4.78, 5) is 24.6. The van der Waals surface area contributed by atoms with Gasteiger partial charge in [0.25, 0.3) is 11.8 Å². The fourth-order valence-electron chi connectivity index (χ4n) is 3.07. The van der Waals surface area contributed by atoms with Gasteiger partial charge in [-0.25, -0.2) is 5.43 Å². The van der Waals surface area contributed by atoms with Crippen molar-refractivity contribution in [1.82, 2.24) is 5.43 Å².